The number of rotatable bonds is 6. The molecule has 0 aromatic heterocycles. The fourth-order valence-electron chi connectivity index (χ4n) is 2.08. The van der Waals surface area contributed by atoms with Crippen LogP contribution in [0, 0.1) is 0 Å². The number of carboxylic acids is 1. The van der Waals surface area contributed by atoms with Gasteiger partial charge < -0.3 is 10.0 Å². The molecular formula is C17H17NO3. The van der Waals surface area contributed by atoms with Crippen molar-refractivity contribution in [2.45, 2.75) is 12.8 Å². The van der Waals surface area contributed by atoms with E-state index in [0.717, 1.165) is 5.69 Å². The molecule has 0 saturated carbocycles. The highest BCUT2D eigenvalue weighted by molar-refractivity contribution is 6.06. The topological polar surface area (TPSA) is 57.6 Å². The number of hydrogen-bond acceptors (Lipinski definition) is 2. The Balaban J connectivity index is 2.19. The summed E-state index contributed by atoms with van der Waals surface area (Å²) in [4.78, 5) is 24.9. The lowest BCUT2D eigenvalue weighted by molar-refractivity contribution is -0.137. The van der Waals surface area contributed by atoms with Crippen LogP contribution in [0.2, 0.25) is 0 Å². The van der Waals surface area contributed by atoms with Gasteiger partial charge in [0.05, 0.1) is 0 Å². The first-order chi connectivity index (χ1) is 10.2. The zero-order chi connectivity index (χ0) is 15.1. The summed E-state index contributed by atoms with van der Waals surface area (Å²) in [6, 6.07) is 18.3. The van der Waals surface area contributed by atoms with Crippen LogP contribution in [0.1, 0.15) is 23.2 Å². The molecule has 0 aliphatic heterocycles. The van der Waals surface area contributed by atoms with Gasteiger partial charge in [-0.2, -0.15) is 0 Å². The van der Waals surface area contributed by atoms with Crippen molar-refractivity contribution in [3.8, 4) is 0 Å². The van der Waals surface area contributed by atoms with Gasteiger partial charge in [0.25, 0.3) is 5.91 Å². The predicted octanol–water partition coefficient (Wildman–Crippen LogP) is 3.20. The third-order valence-electron chi connectivity index (χ3n) is 3.11. The molecule has 0 fully saturated rings. The van der Waals surface area contributed by atoms with Crippen LogP contribution in [0.3, 0.4) is 0 Å². The Bertz CT molecular complexity index is 596. The Hall–Kier alpha value is -2.62. The fourth-order valence-corrected chi connectivity index (χ4v) is 2.08. The number of para-hydroxylation sites is 1. The average molecular weight is 283 g/mol. The summed E-state index contributed by atoms with van der Waals surface area (Å²) >= 11 is 0. The smallest absolute Gasteiger partial charge is 0.303 e. The highest BCUT2D eigenvalue weighted by Crippen LogP contribution is 2.17. The second-order valence-electron chi connectivity index (χ2n) is 4.66. The zero-order valence-electron chi connectivity index (χ0n) is 11.6. The van der Waals surface area contributed by atoms with Crippen LogP contribution in [0.15, 0.2) is 60.7 Å². The van der Waals surface area contributed by atoms with Gasteiger partial charge in [-0.25, -0.2) is 0 Å². The fraction of sp³-hybridized carbons (Fsp3) is 0.176. The number of hydrogen-bond donors (Lipinski definition) is 1. The van der Waals surface area contributed by atoms with E-state index in [9.17, 15) is 9.59 Å². The molecule has 2 aromatic carbocycles. The highest BCUT2D eigenvalue weighted by atomic mass is 16.4. The SMILES string of the molecule is O=C(O)CCCN(C(=O)c1ccccc1)c1ccccc1. The molecule has 0 aliphatic rings. The molecule has 0 bridgehead atoms. The molecule has 21 heavy (non-hydrogen) atoms. The molecule has 1 amide bonds. The number of aliphatic carboxylic acids is 1. The van der Waals surface area contributed by atoms with E-state index < -0.39 is 5.97 Å². The van der Waals surface area contributed by atoms with E-state index in [2.05, 4.69) is 0 Å². The zero-order valence-corrected chi connectivity index (χ0v) is 11.6. The molecule has 0 radical (unpaired) electrons. The van der Waals surface area contributed by atoms with E-state index in [0.29, 0.717) is 18.5 Å². The lowest BCUT2D eigenvalue weighted by Crippen LogP contribution is -2.32. The second kappa shape index (κ2) is 7.24. The molecule has 0 saturated heterocycles. The molecule has 108 valence electrons. The summed E-state index contributed by atoms with van der Waals surface area (Å²) in [7, 11) is 0. The van der Waals surface area contributed by atoms with Crippen molar-refractivity contribution >= 4 is 17.6 Å². The van der Waals surface area contributed by atoms with Gasteiger partial charge in [-0.1, -0.05) is 36.4 Å². The number of benzene rings is 2. The predicted molar refractivity (Wildman–Crippen MR) is 81.4 cm³/mol. The van der Waals surface area contributed by atoms with Crippen molar-refractivity contribution < 1.29 is 14.7 Å². The average Bonchev–Trinajstić information content (AvgIpc) is 2.52. The summed E-state index contributed by atoms with van der Waals surface area (Å²) in [5.74, 6) is -0.970. The van der Waals surface area contributed by atoms with Crippen LogP contribution in [-0.2, 0) is 4.79 Å². The minimum atomic E-state index is -0.852. The Morgan fingerprint density at radius 2 is 1.48 bits per heavy atom. The second-order valence-corrected chi connectivity index (χ2v) is 4.66. The maximum Gasteiger partial charge on any atom is 0.303 e. The summed E-state index contributed by atoms with van der Waals surface area (Å²) in [6.45, 7) is 0.379. The molecule has 2 aromatic rings. The standard InChI is InChI=1S/C17H17NO3/c19-16(20)12-7-13-18(15-10-5-2-6-11-15)17(21)14-8-3-1-4-9-14/h1-6,8-11H,7,12-13H2,(H,19,20). The van der Waals surface area contributed by atoms with Gasteiger partial charge in [-0.15, -0.1) is 0 Å². The number of carbonyl (C=O) groups is 2. The first-order valence-corrected chi connectivity index (χ1v) is 6.82. The first kappa shape index (κ1) is 14.8. The van der Waals surface area contributed by atoms with Gasteiger partial charge in [0.2, 0.25) is 0 Å². The molecule has 4 heteroatoms. The molecule has 0 atom stereocenters. The third-order valence-corrected chi connectivity index (χ3v) is 3.11. The molecular weight excluding hydrogens is 266 g/mol. The molecule has 2 rings (SSSR count). The van der Waals surface area contributed by atoms with Gasteiger partial charge >= 0.3 is 5.97 Å². The van der Waals surface area contributed by atoms with Gasteiger partial charge in [0.1, 0.15) is 0 Å². The lowest BCUT2D eigenvalue weighted by Gasteiger charge is -2.22. The monoisotopic (exact) mass is 283 g/mol. The van der Waals surface area contributed by atoms with Crippen LogP contribution in [0.5, 0.6) is 0 Å². The van der Waals surface area contributed by atoms with Crippen LogP contribution < -0.4 is 4.90 Å². The number of anilines is 1. The summed E-state index contributed by atoms with van der Waals surface area (Å²) < 4.78 is 0. The van der Waals surface area contributed by atoms with E-state index in [-0.39, 0.29) is 12.3 Å². The summed E-state index contributed by atoms with van der Waals surface area (Å²) in [5.41, 5.74) is 1.37. The Labute approximate surface area is 123 Å². The lowest BCUT2D eigenvalue weighted by atomic mass is 10.1. The number of carboxylic acid groups (broad SMARTS) is 1. The minimum Gasteiger partial charge on any atom is -0.481 e. The van der Waals surface area contributed by atoms with Crippen LogP contribution in [-0.4, -0.2) is 23.5 Å². The van der Waals surface area contributed by atoms with Crippen molar-refractivity contribution in [3.05, 3.63) is 66.2 Å². The Morgan fingerprint density at radius 1 is 0.905 bits per heavy atom. The molecule has 0 spiro atoms. The van der Waals surface area contributed by atoms with Gasteiger partial charge in [-0.3, -0.25) is 9.59 Å². The van der Waals surface area contributed by atoms with Gasteiger partial charge in [0, 0.05) is 24.2 Å². The Morgan fingerprint density at radius 3 is 2.05 bits per heavy atom. The minimum absolute atomic E-state index is 0.0470. The van der Waals surface area contributed by atoms with E-state index in [1.165, 1.54) is 0 Å². The van der Waals surface area contributed by atoms with Crippen LogP contribution in [0.25, 0.3) is 0 Å². The van der Waals surface area contributed by atoms with Crippen molar-refractivity contribution in [1.82, 2.24) is 0 Å². The quantitative estimate of drug-likeness (QED) is 0.885. The van der Waals surface area contributed by atoms with E-state index >= 15 is 0 Å². The van der Waals surface area contributed by atoms with Crippen molar-refractivity contribution in [3.63, 3.8) is 0 Å². The van der Waals surface area contributed by atoms with Crippen LogP contribution in [0.4, 0.5) is 5.69 Å². The van der Waals surface area contributed by atoms with E-state index in [4.69, 9.17) is 5.11 Å². The third kappa shape index (κ3) is 4.18. The van der Waals surface area contributed by atoms with Gasteiger partial charge in [0.15, 0.2) is 0 Å². The van der Waals surface area contributed by atoms with Gasteiger partial charge in [-0.05, 0) is 30.7 Å². The largest absolute Gasteiger partial charge is 0.481 e. The normalized spacial score (nSPS) is 10.1. The molecule has 0 heterocycles. The maximum absolute atomic E-state index is 12.6. The summed E-state index contributed by atoms with van der Waals surface area (Å²) in [5, 5.41) is 8.75. The molecule has 0 unspecified atom stereocenters. The maximum atomic E-state index is 12.6. The molecule has 0 aliphatic carbocycles. The molecule has 1 N–H and O–H groups in total. The number of nitrogens with zero attached hydrogens (tertiary/aromatic N) is 1. The van der Waals surface area contributed by atoms with Crippen molar-refractivity contribution in [1.29, 1.82) is 0 Å². The van der Waals surface area contributed by atoms with Crippen LogP contribution >= 0.6 is 0 Å². The van der Waals surface area contributed by atoms with Crippen molar-refractivity contribution in [2.75, 3.05) is 11.4 Å². The van der Waals surface area contributed by atoms with E-state index in [1.54, 1.807) is 17.0 Å². The first-order valence-electron chi connectivity index (χ1n) is 6.82. The highest BCUT2D eigenvalue weighted by Gasteiger charge is 2.17. The number of carbonyl (C=O) groups excluding carboxylic acids is 1. The number of amides is 1. The van der Waals surface area contributed by atoms with Crippen molar-refractivity contribution in [2.24, 2.45) is 0 Å². The Kier molecular flexibility index (Phi) is 5.10. The molecule has 4 nitrogen and oxygen atoms in total. The van der Waals surface area contributed by atoms with E-state index in [1.807, 2.05) is 48.5 Å². The summed E-state index contributed by atoms with van der Waals surface area (Å²) in [6.07, 6.45) is 0.466.